The SMILES string of the molecule is Cn1ccnc1[C@@H]1CCCN(C(=O)Cc2ccccc2C(F)(F)F)C1. The molecule has 1 saturated heterocycles. The fourth-order valence-corrected chi connectivity index (χ4v) is 3.41. The van der Waals surface area contributed by atoms with E-state index in [9.17, 15) is 18.0 Å². The van der Waals surface area contributed by atoms with Crippen molar-refractivity contribution in [2.24, 2.45) is 7.05 Å². The smallest absolute Gasteiger partial charge is 0.342 e. The van der Waals surface area contributed by atoms with Crippen molar-refractivity contribution in [3.63, 3.8) is 0 Å². The lowest BCUT2D eigenvalue weighted by molar-refractivity contribution is -0.138. The molecule has 1 amide bonds. The molecule has 1 atom stereocenters. The van der Waals surface area contributed by atoms with Crippen molar-refractivity contribution >= 4 is 5.91 Å². The predicted molar refractivity (Wildman–Crippen MR) is 86.9 cm³/mol. The minimum Gasteiger partial charge on any atom is -0.342 e. The van der Waals surface area contributed by atoms with E-state index in [1.807, 2.05) is 17.8 Å². The summed E-state index contributed by atoms with van der Waals surface area (Å²) >= 11 is 0. The first-order chi connectivity index (χ1) is 11.9. The third-order valence-electron chi connectivity index (χ3n) is 4.66. The van der Waals surface area contributed by atoms with Crippen molar-refractivity contribution in [2.45, 2.75) is 31.4 Å². The topological polar surface area (TPSA) is 38.1 Å². The predicted octanol–water partition coefficient (Wildman–Crippen LogP) is 3.39. The summed E-state index contributed by atoms with van der Waals surface area (Å²) in [5, 5.41) is 0. The van der Waals surface area contributed by atoms with Gasteiger partial charge in [-0.25, -0.2) is 4.98 Å². The molecule has 4 nitrogen and oxygen atoms in total. The fraction of sp³-hybridized carbons (Fsp3) is 0.444. The molecule has 0 bridgehead atoms. The normalized spacial score (nSPS) is 18.4. The summed E-state index contributed by atoms with van der Waals surface area (Å²) in [6.45, 7) is 1.08. The number of benzene rings is 1. The van der Waals surface area contributed by atoms with Crippen molar-refractivity contribution in [3.05, 3.63) is 53.6 Å². The highest BCUT2D eigenvalue weighted by Gasteiger charge is 2.34. The molecule has 2 heterocycles. The second-order valence-electron chi connectivity index (χ2n) is 6.41. The molecule has 0 unspecified atom stereocenters. The van der Waals surface area contributed by atoms with Gasteiger partial charge in [0.25, 0.3) is 0 Å². The van der Waals surface area contributed by atoms with E-state index in [1.54, 1.807) is 11.1 Å². The standard InChI is InChI=1S/C18H20F3N3O/c1-23-10-8-22-17(23)14-6-4-9-24(12-14)16(25)11-13-5-2-3-7-15(13)18(19,20)21/h2-3,5,7-8,10,14H,4,6,9,11-12H2,1H3/t14-/m1/s1. The monoisotopic (exact) mass is 351 g/mol. The lowest BCUT2D eigenvalue weighted by Crippen LogP contribution is -2.40. The summed E-state index contributed by atoms with van der Waals surface area (Å²) in [5.74, 6) is 0.763. The molecule has 1 aliphatic rings. The number of aromatic nitrogens is 2. The summed E-state index contributed by atoms with van der Waals surface area (Å²) in [5.41, 5.74) is -0.708. The molecule has 3 rings (SSSR count). The number of nitrogens with zero attached hydrogens (tertiary/aromatic N) is 3. The summed E-state index contributed by atoms with van der Waals surface area (Å²) in [4.78, 5) is 18.6. The molecule has 2 aromatic rings. The average molecular weight is 351 g/mol. The van der Waals surface area contributed by atoms with Gasteiger partial charge in [0.1, 0.15) is 5.82 Å². The van der Waals surface area contributed by atoms with Gasteiger partial charge in [-0.15, -0.1) is 0 Å². The second kappa shape index (κ2) is 6.90. The average Bonchev–Trinajstić information content (AvgIpc) is 3.00. The van der Waals surface area contributed by atoms with Crippen LogP contribution in [0.15, 0.2) is 36.7 Å². The maximum atomic E-state index is 13.1. The van der Waals surface area contributed by atoms with Crippen LogP contribution in [0.4, 0.5) is 13.2 Å². The molecule has 0 spiro atoms. The zero-order chi connectivity index (χ0) is 18.0. The Morgan fingerprint density at radius 1 is 1.32 bits per heavy atom. The number of aryl methyl sites for hydroxylation is 1. The van der Waals surface area contributed by atoms with Gasteiger partial charge < -0.3 is 9.47 Å². The van der Waals surface area contributed by atoms with Crippen LogP contribution in [0.1, 0.15) is 35.7 Å². The number of hydrogen-bond acceptors (Lipinski definition) is 2. The Morgan fingerprint density at radius 3 is 2.76 bits per heavy atom. The minimum absolute atomic E-state index is 0.0270. The summed E-state index contributed by atoms with van der Waals surface area (Å²) in [7, 11) is 1.91. The number of halogens is 3. The third-order valence-corrected chi connectivity index (χ3v) is 4.66. The molecule has 1 aromatic carbocycles. The van der Waals surface area contributed by atoms with Crippen LogP contribution in [0.3, 0.4) is 0 Å². The first-order valence-corrected chi connectivity index (χ1v) is 8.26. The highest BCUT2D eigenvalue weighted by molar-refractivity contribution is 5.79. The number of piperidine rings is 1. The van der Waals surface area contributed by atoms with Crippen molar-refractivity contribution in [3.8, 4) is 0 Å². The second-order valence-corrected chi connectivity index (χ2v) is 6.41. The Balaban J connectivity index is 1.73. The zero-order valence-corrected chi connectivity index (χ0v) is 14.0. The molecule has 0 aliphatic carbocycles. The van der Waals surface area contributed by atoms with Crippen molar-refractivity contribution in [1.29, 1.82) is 0 Å². The van der Waals surface area contributed by atoms with E-state index >= 15 is 0 Å². The van der Waals surface area contributed by atoms with Gasteiger partial charge in [0, 0.05) is 38.4 Å². The molecule has 0 radical (unpaired) electrons. The lowest BCUT2D eigenvalue weighted by atomic mass is 9.96. The third kappa shape index (κ3) is 3.86. The maximum absolute atomic E-state index is 13.1. The van der Waals surface area contributed by atoms with E-state index in [0.717, 1.165) is 24.7 Å². The number of carbonyl (C=O) groups excluding carboxylic acids is 1. The Bertz CT molecular complexity index is 754. The molecule has 0 saturated carbocycles. The molecule has 7 heteroatoms. The van der Waals surface area contributed by atoms with Crippen LogP contribution in [0.25, 0.3) is 0 Å². The van der Waals surface area contributed by atoms with Crippen molar-refractivity contribution in [1.82, 2.24) is 14.5 Å². The number of carbonyl (C=O) groups is 1. The molecular formula is C18H20F3N3O. The number of likely N-dealkylation sites (tertiary alicyclic amines) is 1. The van der Waals surface area contributed by atoms with Crippen LogP contribution >= 0.6 is 0 Å². The first-order valence-electron chi connectivity index (χ1n) is 8.26. The summed E-state index contributed by atoms with van der Waals surface area (Å²) < 4.78 is 41.2. The van der Waals surface area contributed by atoms with E-state index < -0.39 is 11.7 Å². The van der Waals surface area contributed by atoms with Gasteiger partial charge in [-0.05, 0) is 24.5 Å². The Morgan fingerprint density at radius 2 is 2.08 bits per heavy atom. The van der Waals surface area contributed by atoms with Crippen LogP contribution in [0.2, 0.25) is 0 Å². The first kappa shape index (κ1) is 17.5. The van der Waals surface area contributed by atoms with Crippen LogP contribution in [-0.2, 0) is 24.4 Å². The molecule has 1 aliphatic heterocycles. The molecule has 25 heavy (non-hydrogen) atoms. The molecule has 1 fully saturated rings. The van der Waals surface area contributed by atoms with Gasteiger partial charge in [0.05, 0.1) is 12.0 Å². The zero-order valence-electron chi connectivity index (χ0n) is 14.0. The summed E-state index contributed by atoms with van der Waals surface area (Å²) in [6, 6.07) is 5.27. The number of hydrogen-bond donors (Lipinski definition) is 0. The molecular weight excluding hydrogens is 331 g/mol. The maximum Gasteiger partial charge on any atom is 0.416 e. The number of rotatable bonds is 3. The van der Waals surface area contributed by atoms with Gasteiger partial charge in [-0.3, -0.25) is 4.79 Å². The fourth-order valence-electron chi connectivity index (χ4n) is 3.41. The number of alkyl halides is 3. The largest absolute Gasteiger partial charge is 0.416 e. The van der Waals surface area contributed by atoms with Crippen LogP contribution in [0, 0.1) is 0 Å². The van der Waals surface area contributed by atoms with Gasteiger partial charge in [0.2, 0.25) is 5.91 Å². The summed E-state index contributed by atoms with van der Waals surface area (Å²) in [6.07, 6.45) is 0.639. The highest BCUT2D eigenvalue weighted by atomic mass is 19.4. The van der Waals surface area contributed by atoms with Crippen molar-refractivity contribution < 1.29 is 18.0 Å². The number of imidazole rings is 1. The van der Waals surface area contributed by atoms with Crippen LogP contribution in [-0.4, -0.2) is 33.4 Å². The van der Waals surface area contributed by atoms with Gasteiger partial charge in [-0.1, -0.05) is 18.2 Å². The lowest BCUT2D eigenvalue weighted by Gasteiger charge is -2.32. The van der Waals surface area contributed by atoms with E-state index in [4.69, 9.17) is 0 Å². The van der Waals surface area contributed by atoms with E-state index in [0.29, 0.717) is 13.1 Å². The van der Waals surface area contributed by atoms with E-state index in [2.05, 4.69) is 4.98 Å². The van der Waals surface area contributed by atoms with Gasteiger partial charge in [-0.2, -0.15) is 13.2 Å². The Kier molecular flexibility index (Phi) is 4.83. The Labute approximate surface area is 144 Å². The highest BCUT2D eigenvalue weighted by Crippen LogP contribution is 2.32. The van der Waals surface area contributed by atoms with Crippen LogP contribution < -0.4 is 0 Å². The van der Waals surface area contributed by atoms with E-state index in [1.165, 1.54) is 18.2 Å². The Hall–Kier alpha value is -2.31. The van der Waals surface area contributed by atoms with Gasteiger partial charge >= 0.3 is 6.18 Å². The van der Waals surface area contributed by atoms with Crippen LogP contribution in [0.5, 0.6) is 0 Å². The quantitative estimate of drug-likeness (QED) is 0.850. The number of amides is 1. The van der Waals surface area contributed by atoms with E-state index in [-0.39, 0.29) is 23.8 Å². The molecule has 1 aromatic heterocycles. The van der Waals surface area contributed by atoms with Crippen molar-refractivity contribution in [2.75, 3.05) is 13.1 Å². The minimum atomic E-state index is -4.45. The van der Waals surface area contributed by atoms with Gasteiger partial charge in [0.15, 0.2) is 0 Å². The molecule has 0 N–H and O–H groups in total. The molecule has 134 valence electrons.